The fourth-order valence-electron chi connectivity index (χ4n) is 1.20. The summed E-state index contributed by atoms with van der Waals surface area (Å²) >= 11 is 0. The molecule has 0 saturated carbocycles. The maximum atomic E-state index is 5.70. The van der Waals surface area contributed by atoms with Gasteiger partial charge in [0, 0.05) is 0 Å². The van der Waals surface area contributed by atoms with E-state index in [-0.39, 0.29) is 6.10 Å². The molecule has 0 amide bonds. The van der Waals surface area contributed by atoms with Crippen molar-refractivity contribution in [2.75, 3.05) is 0 Å². The summed E-state index contributed by atoms with van der Waals surface area (Å²) < 4.78 is 5.70. The van der Waals surface area contributed by atoms with Crippen LogP contribution in [0.4, 0.5) is 0 Å². The van der Waals surface area contributed by atoms with Crippen molar-refractivity contribution in [2.45, 2.75) is 26.9 Å². The van der Waals surface area contributed by atoms with Gasteiger partial charge >= 0.3 is 0 Å². The predicted molar refractivity (Wildman–Crippen MR) is 56.1 cm³/mol. The van der Waals surface area contributed by atoms with Crippen molar-refractivity contribution in [3.63, 3.8) is 0 Å². The molecule has 0 unspecified atom stereocenters. The topological polar surface area (TPSA) is 9.23 Å². The Bertz CT molecular complexity index is 289. The summed E-state index contributed by atoms with van der Waals surface area (Å²) in [6.07, 6.45) is 4.18. The molecule has 0 aliphatic carbocycles. The van der Waals surface area contributed by atoms with Gasteiger partial charge in [0.15, 0.2) is 0 Å². The van der Waals surface area contributed by atoms with Gasteiger partial charge in [0.05, 0.1) is 0 Å². The van der Waals surface area contributed by atoms with E-state index in [2.05, 4.69) is 13.0 Å². The van der Waals surface area contributed by atoms with Crippen molar-refractivity contribution < 1.29 is 4.74 Å². The van der Waals surface area contributed by atoms with Crippen molar-refractivity contribution >= 4 is 0 Å². The maximum Gasteiger partial charge on any atom is 0.123 e. The first-order valence-electron chi connectivity index (χ1n) is 4.59. The van der Waals surface area contributed by atoms with Gasteiger partial charge in [-0.15, -0.1) is 0 Å². The Balaban J connectivity index is 2.68. The van der Waals surface area contributed by atoms with Crippen LogP contribution in [0, 0.1) is 6.92 Å². The third-order valence-corrected chi connectivity index (χ3v) is 1.87. The van der Waals surface area contributed by atoms with Crippen LogP contribution in [-0.2, 0) is 0 Å². The molecule has 0 aliphatic rings. The maximum absolute atomic E-state index is 5.70. The highest BCUT2D eigenvalue weighted by molar-refractivity contribution is 5.32. The summed E-state index contributed by atoms with van der Waals surface area (Å²) in [6, 6.07) is 8.06. The second-order valence-corrected chi connectivity index (χ2v) is 3.11. The van der Waals surface area contributed by atoms with Crippen LogP contribution in [0.2, 0.25) is 0 Å². The summed E-state index contributed by atoms with van der Waals surface area (Å²) in [7, 11) is 0. The monoisotopic (exact) mass is 176 g/mol. The van der Waals surface area contributed by atoms with Crippen molar-refractivity contribution in [1.82, 2.24) is 0 Å². The third-order valence-electron chi connectivity index (χ3n) is 1.87. The molecule has 0 aliphatic heterocycles. The molecule has 0 aromatic heterocycles. The Morgan fingerprint density at radius 3 is 2.62 bits per heavy atom. The van der Waals surface area contributed by atoms with Gasteiger partial charge in [-0.1, -0.05) is 24.3 Å². The number of ether oxygens (including phenoxy) is 1. The van der Waals surface area contributed by atoms with E-state index in [1.165, 1.54) is 5.56 Å². The molecule has 1 aromatic rings. The first-order chi connectivity index (χ1) is 6.24. The molecule has 1 nitrogen and oxygen atoms in total. The number of hydrogen-bond donors (Lipinski definition) is 0. The molecule has 1 heteroatoms. The zero-order chi connectivity index (χ0) is 9.68. The van der Waals surface area contributed by atoms with Crippen LogP contribution in [-0.4, -0.2) is 6.10 Å². The zero-order valence-electron chi connectivity index (χ0n) is 8.45. The average molecular weight is 176 g/mol. The lowest BCUT2D eigenvalue weighted by atomic mass is 10.2. The Labute approximate surface area is 80.0 Å². The van der Waals surface area contributed by atoms with Gasteiger partial charge in [0.25, 0.3) is 0 Å². The van der Waals surface area contributed by atoms with Gasteiger partial charge in [-0.05, 0) is 38.5 Å². The lowest BCUT2D eigenvalue weighted by Crippen LogP contribution is -2.08. The smallest absolute Gasteiger partial charge is 0.123 e. The number of aryl methyl sites for hydroxylation is 1. The van der Waals surface area contributed by atoms with E-state index in [9.17, 15) is 0 Å². The fourth-order valence-corrected chi connectivity index (χ4v) is 1.20. The molecule has 1 rings (SSSR count). The van der Waals surface area contributed by atoms with Crippen molar-refractivity contribution in [3.05, 3.63) is 42.0 Å². The first kappa shape index (κ1) is 9.85. The van der Waals surface area contributed by atoms with E-state index in [1.807, 2.05) is 44.2 Å². The predicted octanol–water partition coefficient (Wildman–Crippen LogP) is 3.34. The molecule has 1 aromatic carbocycles. The average Bonchev–Trinajstić information content (AvgIpc) is 2.09. The Kier molecular flexibility index (Phi) is 3.56. The number of benzene rings is 1. The van der Waals surface area contributed by atoms with Crippen LogP contribution in [0.1, 0.15) is 19.4 Å². The highest BCUT2D eigenvalue weighted by Gasteiger charge is 2.00. The molecule has 0 radical (unpaired) electrons. The lowest BCUT2D eigenvalue weighted by molar-refractivity contribution is 0.268. The number of para-hydroxylation sites is 1. The SMILES string of the molecule is C/C=C/[C@H](C)Oc1ccccc1C. The number of rotatable bonds is 3. The molecule has 0 heterocycles. The molecule has 0 N–H and O–H groups in total. The van der Waals surface area contributed by atoms with Crippen LogP contribution in [0.25, 0.3) is 0 Å². The minimum Gasteiger partial charge on any atom is -0.486 e. The molecular weight excluding hydrogens is 160 g/mol. The molecule has 0 spiro atoms. The second-order valence-electron chi connectivity index (χ2n) is 3.11. The van der Waals surface area contributed by atoms with E-state index in [1.54, 1.807) is 0 Å². The summed E-state index contributed by atoms with van der Waals surface area (Å²) in [6.45, 7) is 6.09. The summed E-state index contributed by atoms with van der Waals surface area (Å²) in [4.78, 5) is 0. The summed E-state index contributed by atoms with van der Waals surface area (Å²) in [5.41, 5.74) is 1.18. The lowest BCUT2D eigenvalue weighted by Gasteiger charge is -2.12. The Hall–Kier alpha value is -1.24. The van der Waals surface area contributed by atoms with Gasteiger partial charge in [0.2, 0.25) is 0 Å². The minimum absolute atomic E-state index is 0.145. The molecular formula is C12H16O. The normalized spacial score (nSPS) is 13.2. The van der Waals surface area contributed by atoms with Crippen LogP contribution < -0.4 is 4.74 Å². The third kappa shape index (κ3) is 2.94. The van der Waals surface area contributed by atoms with Gasteiger partial charge in [-0.2, -0.15) is 0 Å². The highest BCUT2D eigenvalue weighted by Crippen LogP contribution is 2.17. The standard InChI is InChI=1S/C12H16O/c1-4-7-11(3)13-12-9-6-5-8-10(12)2/h4-9,11H,1-3H3/b7-4+/t11-/m0/s1. The molecule has 1 atom stereocenters. The van der Waals surface area contributed by atoms with E-state index in [0.29, 0.717) is 0 Å². The van der Waals surface area contributed by atoms with Crippen LogP contribution >= 0.6 is 0 Å². The van der Waals surface area contributed by atoms with E-state index >= 15 is 0 Å². The summed E-state index contributed by atoms with van der Waals surface area (Å²) in [5, 5.41) is 0. The molecule has 0 fully saturated rings. The van der Waals surface area contributed by atoms with Crippen molar-refractivity contribution in [2.24, 2.45) is 0 Å². The van der Waals surface area contributed by atoms with Gasteiger partial charge < -0.3 is 4.74 Å². The van der Waals surface area contributed by atoms with E-state index < -0.39 is 0 Å². The first-order valence-corrected chi connectivity index (χ1v) is 4.59. The molecule has 13 heavy (non-hydrogen) atoms. The summed E-state index contributed by atoms with van der Waals surface area (Å²) in [5.74, 6) is 0.966. The number of hydrogen-bond acceptors (Lipinski definition) is 1. The van der Waals surface area contributed by atoms with E-state index in [4.69, 9.17) is 4.74 Å². The molecule has 70 valence electrons. The minimum atomic E-state index is 0.145. The zero-order valence-corrected chi connectivity index (χ0v) is 8.45. The van der Waals surface area contributed by atoms with Crippen LogP contribution in [0.5, 0.6) is 5.75 Å². The number of allylic oxidation sites excluding steroid dienone is 1. The van der Waals surface area contributed by atoms with Gasteiger partial charge in [-0.3, -0.25) is 0 Å². The molecule has 0 saturated heterocycles. The van der Waals surface area contributed by atoms with Gasteiger partial charge in [-0.25, -0.2) is 0 Å². The van der Waals surface area contributed by atoms with Crippen LogP contribution in [0.15, 0.2) is 36.4 Å². The van der Waals surface area contributed by atoms with Gasteiger partial charge in [0.1, 0.15) is 11.9 Å². The fraction of sp³-hybridized carbons (Fsp3) is 0.333. The Morgan fingerprint density at radius 2 is 2.00 bits per heavy atom. The van der Waals surface area contributed by atoms with E-state index in [0.717, 1.165) is 5.75 Å². The second kappa shape index (κ2) is 4.70. The highest BCUT2D eigenvalue weighted by atomic mass is 16.5. The Morgan fingerprint density at radius 1 is 1.31 bits per heavy atom. The van der Waals surface area contributed by atoms with Crippen molar-refractivity contribution in [1.29, 1.82) is 0 Å². The molecule has 0 bridgehead atoms. The quantitative estimate of drug-likeness (QED) is 0.642. The van der Waals surface area contributed by atoms with Crippen molar-refractivity contribution in [3.8, 4) is 5.75 Å². The largest absolute Gasteiger partial charge is 0.486 e. The van der Waals surface area contributed by atoms with Crippen LogP contribution in [0.3, 0.4) is 0 Å².